The summed E-state index contributed by atoms with van der Waals surface area (Å²) in [6.07, 6.45) is 0.630. The maximum atomic E-state index is 13.3. The molecule has 0 atom stereocenters. The van der Waals surface area contributed by atoms with Gasteiger partial charge in [-0.25, -0.2) is 19.5 Å². The highest BCUT2D eigenvalue weighted by Gasteiger charge is 2.33. The Morgan fingerprint density at radius 3 is 2.76 bits per heavy atom. The van der Waals surface area contributed by atoms with Gasteiger partial charge in [-0.3, -0.25) is 4.68 Å². The summed E-state index contributed by atoms with van der Waals surface area (Å²) in [5.41, 5.74) is 2.49. The van der Waals surface area contributed by atoms with Crippen molar-refractivity contribution in [2.45, 2.75) is 19.6 Å². The van der Waals surface area contributed by atoms with Crippen LogP contribution in [0.2, 0.25) is 0 Å². The molecular weight excluding hydrogens is 531 g/mol. The van der Waals surface area contributed by atoms with Gasteiger partial charge in [0.25, 0.3) is 0 Å². The number of benzene rings is 1. The number of hydrogen-bond donors (Lipinski definition) is 0. The van der Waals surface area contributed by atoms with E-state index in [0.717, 1.165) is 33.0 Å². The van der Waals surface area contributed by atoms with Gasteiger partial charge in [-0.15, -0.1) is 16.4 Å². The Balaban J connectivity index is 1.47. The summed E-state index contributed by atoms with van der Waals surface area (Å²) in [6.45, 7) is 2.22. The van der Waals surface area contributed by atoms with Crippen molar-refractivity contribution in [3.63, 3.8) is 0 Å². The van der Waals surface area contributed by atoms with Crippen LogP contribution in [-0.2, 0) is 12.7 Å². The van der Waals surface area contributed by atoms with Crippen molar-refractivity contribution in [2.24, 2.45) is 0 Å². The first-order valence-electron chi connectivity index (χ1n) is 10.1. The van der Waals surface area contributed by atoms with E-state index < -0.39 is 11.9 Å². The van der Waals surface area contributed by atoms with E-state index in [1.165, 1.54) is 6.33 Å². The molecule has 0 saturated heterocycles. The SMILES string of the molecule is Cc1cc(C(F)(F)F)nc2sc3c(ncn4nc(-c5cccc(Cn6cc(Br)cn6)c5)nc34)c12. The summed E-state index contributed by atoms with van der Waals surface area (Å²) in [7, 11) is 0. The molecule has 5 aromatic heterocycles. The molecule has 5 heterocycles. The summed E-state index contributed by atoms with van der Waals surface area (Å²) < 4.78 is 44.7. The van der Waals surface area contributed by atoms with Crippen molar-refractivity contribution in [2.75, 3.05) is 0 Å². The normalized spacial score (nSPS) is 12.4. The highest BCUT2D eigenvalue weighted by molar-refractivity contribution is 9.10. The van der Waals surface area contributed by atoms with E-state index in [9.17, 15) is 13.2 Å². The summed E-state index contributed by atoms with van der Waals surface area (Å²) in [5, 5.41) is 9.44. The van der Waals surface area contributed by atoms with E-state index in [0.29, 0.717) is 39.2 Å². The topological polar surface area (TPSA) is 73.8 Å². The van der Waals surface area contributed by atoms with Gasteiger partial charge in [0.1, 0.15) is 21.6 Å². The van der Waals surface area contributed by atoms with E-state index in [1.54, 1.807) is 17.6 Å². The predicted molar refractivity (Wildman–Crippen MR) is 126 cm³/mol. The molecule has 0 aliphatic heterocycles. The van der Waals surface area contributed by atoms with Gasteiger partial charge in [-0.05, 0) is 46.1 Å². The number of aromatic nitrogens is 7. The van der Waals surface area contributed by atoms with Gasteiger partial charge in [0.15, 0.2) is 11.5 Å². The van der Waals surface area contributed by atoms with E-state index in [2.05, 4.69) is 36.1 Å². The summed E-state index contributed by atoms with van der Waals surface area (Å²) in [6, 6.07) is 8.87. The Bertz CT molecular complexity index is 1720. The van der Waals surface area contributed by atoms with E-state index >= 15 is 0 Å². The molecule has 0 bridgehead atoms. The largest absolute Gasteiger partial charge is 0.433 e. The molecule has 6 aromatic rings. The lowest BCUT2D eigenvalue weighted by molar-refractivity contribution is -0.141. The molecule has 7 nitrogen and oxygen atoms in total. The van der Waals surface area contributed by atoms with Crippen LogP contribution in [0, 0.1) is 6.92 Å². The molecule has 0 amide bonds. The van der Waals surface area contributed by atoms with Crippen molar-refractivity contribution >= 4 is 53.3 Å². The Morgan fingerprint density at radius 2 is 2.00 bits per heavy atom. The second-order valence-electron chi connectivity index (χ2n) is 7.79. The van der Waals surface area contributed by atoms with Crippen molar-refractivity contribution < 1.29 is 13.2 Å². The van der Waals surface area contributed by atoms with Crippen LogP contribution < -0.4 is 0 Å². The first-order chi connectivity index (χ1) is 16.3. The van der Waals surface area contributed by atoms with Gasteiger partial charge >= 0.3 is 6.18 Å². The van der Waals surface area contributed by atoms with Crippen LogP contribution in [0.3, 0.4) is 0 Å². The highest BCUT2D eigenvalue weighted by Crippen LogP contribution is 2.38. The predicted octanol–water partition coefficient (Wildman–Crippen LogP) is 5.89. The van der Waals surface area contributed by atoms with Crippen LogP contribution in [0.4, 0.5) is 13.2 Å². The number of alkyl halides is 3. The van der Waals surface area contributed by atoms with Crippen LogP contribution in [0.1, 0.15) is 16.8 Å². The zero-order valence-electron chi connectivity index (χ0n) is 17.4. The standard InChI is InChI=1S/C22H13BrF3N7S/c1-11-5-15(22(24,25)26)29-21-16(11)17-18(34-21)20-30-19(31-33(20)10-27-17)13-4-2-3-12(6-13)8-32-9-14(23)7-28-32/h2-7,9-10H,8H2,1H3. The van der Waals surface area contributed by atoms with Crippen LogP contribution in [0.15, 0.2) is 53.5 Å². The molecular formula is C22H13BrF3N7S. The second-order valence-corrected chi connectivity index (χ2v) is 9.70. The van der Waals surface area contributed by atoms with Gasteiger partial charge in [0, 0.05) is 17.1 Å². The fourth-order valence-electron chi connectivity index (χ4n) is 3.90. The van der Waals surface area contributed by atoms with Gasteiger partial charge in [-0.2, -0.15) is 18.3 Å². The van der Waals surface area contributed by atoms with Crippen molar-refractivity contribution in [3.05, 3.63) is 70.3 Å². The van der Waals surface area contributed by atoms with Gasteiger partial charge in [-0.1, -0.05) is 18.2 Å². The van der Waals surface area contributed by atoms with Crippen molar-refractivity contribution in [3.8, 4) is 11.4 Å². The minimum absolute atomic E-state index is 0.278. The molecule has 0 spiro atoms. The molecule has 0 unspecified atom stereocenters. The Labute approximate surface area is 202 Å². The molecule has 0 fully saturated rings. The highest BCUT2D eigenvalue weighted by atomic mass is 79.9. The minimum Gasteiger partial charge on any atom is -0.267 e. The monoisotopic (exact) mass is 543 g/mol. The first-order valence-corrected chi connectivity index (χ1v) is 11.7. The number of halogens is 4. The van der Waals surface area contributed by atoms with Crippen molar-refractivity contribution in [1.29, 1.82) is 0 Å². The second kappa shape index (κ2) is 7.57. The maximum Gasteiger partial charge on any atom is 0.433 e. The average Bonchev–Trinajstić information content (AvgIpc) is 3.49. The Morgan fingerprint density at radius 1 is 1.15 bits per heavy atom. The Kier molecular flexibility index (Phi) is 4.71. The zero-order valence-corrected chi connectivity index (χ0v) is 19.8. The van der Waals surface area contributed by atoms with Crippen LogP contribution >= 0.6 is 27.3 Å². The summed E-state index contributed by atoms with van der Waals surface area (Å²) in [5.74, 6) is 0.496. The molecule has 0 aliphatic rings. The number of pyridine rings is 1. The molecule has 0 N–H and O–H groups in total. The van der Waals surface area contributed by atoms with E-state index in [1.807, 2.05) is 35.1 Å². The quantitative estimate of drug-likeness (QED) is 0.278. The number of hydrogen-bond acceptors (Lipinski definition) is 6. The van der Waals surface area contributed by atoms with E-state index in [-0.39, 0.29) is 4.83 Å². The molecule has 34 heavy (non-hydrogen) atoms. The average molecular weight is 544 g/mol. The number of rotatable bonds is 3. The molecule has 0 radical (unpaired) electrons. The minimum atomic E-state index is -4.52. The van der Waals surface area contributed by atoms with Gasteiger partial charge in [0.2, 0.25) is 0 Å². The number of thiophene rings is 1. The summed E-state index contributed by atoms with van der Waals surface area (Å²) in [4.78, 5) is 13.3. The molecule has 12 heteroatoms. The smallest absolute Gasteiger partial charge is 0.267 e. The van der Waals surface area contributed by atoms with Crippen LogP contribution in [0.5, 0.6) is 0 Å². The third-order valence-electron chi connectivity index (χ3n) is 5.39. The lowest BCUT2D eigenvalue weighted by Crippen LogP contribution is -2.07. The van der Waals surface area contributed by atoms with Crippen LogP contribution in [-0.4, -0.2) is 34.3 Å². The van der Waals surface area contributed by atoms with Crippen molar-refractivity contribution in [1.82, 2.24) is 34.3 Å². The third kappa shape index (κ3) is 3.53. The fourth-order valence-corrected chi connectivity index (χ4v) is 5.40. The zero-order chi connectivity index (χ0) is 23.6. The lowest BCUT2D eigenvalue weighted by atomic mass is 10.1. The van der Waals surface area contributed by atoms with E-state index in [4.69, 9.17) is 4.98 Å². The third-order valence-corrected chi connectivity index (χ3v) is 6.86. The van der Waals surface area contributed by atoms with Gasteiger partial charge < -0.3 is 0 Å². The molecule has 1 aromatic carbocycles. The fraction of sp³-hybridized carbons (Fsp3) is 0.136. The first kappa shape index (κ1) is 21.2. The maximum absolute atomic E-state index is 13.3. The number of nitrogens with zero attached hydrogens (tertiary/aromatic N) is 7. The number of fused-ring (bicyclic) bond motifs is 5. The number of aryl methyl sites for hydroxylation is 1. The molecule has 0 saturated carbocycles. The molecule has 170 valence electrons. The van der Waals surface area contributed by atoms with Gasteiger partial charge in [0.05, 0.1) is 22.7 Å². The lowest BCUT2D eigenvalue weighted by Gasteiger charge is -2.06. The molecule has 6 rings (SSSR count). The Hall–Kier alpha value is -3.38. The molecule has 0 aliphatic carbocycles. The van der Waals surface area contributed by atoms with Crippen LogP contribution in [0.25, 0.3) is 37.5 Å². The summed E-state index contributed by atoms with van der Waals surface area (Å²) >= 11 is 4.53.